The van der Waals surface area contributed by atoms with Crippen LogP contribution in [0, 0.1) is 5.92 Å². The molecule has 27 heavy (non-hydrogen) atoms. The van der Waals surface area contributed by atoms with E-state index in [9.17, 15) is 9.59 Å². The number of aliphatic carboxylic acids is 1. The largest absolute Gasteiger partial charge is 0.481 e. The summed E-state index contributed by atoms with van der Waals surface area (Å²) in [6.07, 6.45) is 4.62. The van der Waals surface area contributed by atoms with Gasteiger partial charge in [-0.15, -0.1) is 5.10 Å². The molecule has 1 aliphatic rings. The molecule has 1 fully saturated rings. The highest BCUT2D eigenvalue weighted by molar-refractivity contribution is 6.01. The lowest BCUT2D eigenvalue weighted by Crippen LogP contribution is -2.36. The third kappa shape index (κ3) is 3.57. The van der Waals surface area contributed by atoms with Gasteiger partial charge in [0, 0.05) is 19.3 Å². The van der Waals surface area contributed by atoms with Crippen molar-refractivity contribution < 1.29 is 14.7 Å². The molecule has 3 aromatic heterocycles. The molecule has 0 aliphatic carbocycles. The van der Waals surface area contributed by atoms with Gasteiger partial charge in [0.1, 0.15) is 5.69 Å². The molecular formula is C18H18N6O3. The number of anilines is 2. The average molecular weight is 366 g/mol. The molecule has 9 heteroatoms. The average Bonchev–Trinajstić information content (AvgIpc) is 3.10. The number of piperidine rings is 1. The van der Waals surface area contributed by atoms with Crippen LogP contribution in [0.5, 0.6) is 0 Å². The fourth-order valence-electron chi connectivity index (χ4n) is 3.16. The minimum Gasteiger partial charge on any atom is -0.481 e. The van der Waals surface area contributed by atoms with E-state index in [1.54, 1.807) is 28.9 Å². The second-order valence-corrected chi connectivity index (χ2v) is 6.39. The lowest BCUT2D eigenvalue weighted by Gasteiger charge is -2.31. The molecule has 1 saturated heterocycles. The molecule has 1 amide bonds. The molecule has 0 spiro atoms. The van der Waals surface area contributed by atoms with Crippen molar-refractivity contribution in [1.29, 1.82) is 0 Å². The van der Waals surface area contributed by atoms with Crippen molar-refractivity contribution in [3.63, 3.8) is 0 Å². The van der Waals surface area contributed by atoms with Gasteiger partial charge < -0.3 is 10.0 Å². The number of pyridine rings is 2. The van der Waals surface area contributed by atoms with Gasteiger partial charge in [0.25, 0.3) is 5.91 Å². The Balaban J connectivity index is 1.49. The molecule has 1 aliphatic heterocycles. The van der Waals surface area contributed by atoms with E-state index in [1.807, 2.05) is 18.3 Å². The van der Waals surface area contributed by atoms with E-state index >= 15 is 0 Å². The highest BCUT2D eigenvalue weighted by Gasteiger charge is 2.24. The Hall–Kier alpha value is -3.49. The second kappa shape index (κ2) is 7.02. The highest BCUT2D eigenvalue weighted by Crippen LogP contribution is 2.24. The van der Waals surface area contributed by atoms with E-state index in [0.29, 0.717) is 37.3 Å². The maximum atomic E-state index is 12.2. The normalized spacial score (nSPS) is 15.0. The Labute approximate surface area is 154 Å². The lowest BCUT2D eigenvalue weighted by atomic mass is 9.97. The predicted octanol–water partition coefficient (Wildman–Crippen LogP) is 1.68. The van der Waals surface area contributed by atoms with Crippen molar-refractivity contribution in [3.8, 4) is 0 Å². The van der Waals surface area contributed by atoms with Gasteiger partial charge in [-0.05, 0) is 37.1 Å². The molecule has 3 aromatic rings. The van der Waals surface area contributed by atoms with Crippen molar-refractivity contribution in [2.24, 2.45) is 5.92 Å². The summed E-state index contributed by atoms with van der Waals surface area (Å²) >= 11 is 0. The second-order valence-electron chi connectivity index (χ2n) is 6.39. The van der Waals surface area contributed by atoms with Gasteiger partial charge >= 0.3 is 5.97 Å². The van der Waals surface area contributed by atoms with Gasteiger partial charge in [0.05, 0.1) is 17.8 Å². The quantitative estimate of drug-likeness (QED) is 0.722. The number of carbonyl (C=O) groups is 2. The minimum absolute atomic E-state index is 0.201. The number of rotatable bonds is 4. The molecule has 9 nitrogen and oxygen atoms in total. The van der Waals surface area contributed by atoms with Gasteiger partial charge in [-0.2, -0.15) is 4.98 Å². The third-order valence-corrected chi connectivity index (χ3v) is 4.65. The number of amides is 1. The Kier molecular flexibility index (Phi) is 4.41. The summed E-state index contributed by atoms with van der Waals surface area (Å²) in [5.74, 6) is -1.17. The van der Waals surface area contributed by atoms with Crippen LogP contribution in [0.25, 0.3) is 5.65 Å². The van der Waals surface area contributed by atoms with Gasteiger partial charge in [-0.3, -0.25) is 19.9 Å². The van der Waals surface area contributed by atoms with Crippen LogP contribution in [-0.2, 0) is 4.79 Å². The zero-order chi connectivity index (χ0) is 18.8. The molecule has 138 valence electrons. The summed E-state index contributed by atoms with van der Waals surface area (Å²) in [4.78, 5) is 33.7. The van der Waals surface area contributed by atoms with Crippen LogP contribution in [0.1, 0.15) is 23.3 Å². The summed E-state index contributed by atoms with van der Waals surface area (Å²) in [7, 11) is 0. The fraction of sp³-hybridized carbons (Fsp3) is 0.278. The van der Waals surface area contributed by atoms with Crippen LogP contribution in [-0.4, -0.2) is 49.7 Å². The van der Waals surface area contributed by atoms with Crippen LogP contribution < -0.4 is 10.2 Å². The maximum absolute atomic E-state index is 12.2. The van der Waals surface area contributed by atoms with E-state index in [2.05, 4.69) is 25.3 Å². The van der Waals surface area contributed by atoms with Crippen LogP contribution in [0.2, 0.25) is 0 Å². The Morgan fingerprint density at radius 2 is 1.96 bits per heavy atom. The van der Waals surface area contributed by atoms with Crippen LogP contribution in [0.3, 0.4) is 0 Å². The van der Waals surface area contributed by atoms with E-state index in [0.717, 1.165) is 5.69 Å². The van der Waals surface area contributed by atoms with Crippen LogP contribution >= 0.6 is 0 Å². The van der Waals surface area contributed by atoms with E-state index < -0.39 is 5.97 Å². The number of carboxylic acids is 1. The van der Waals surface area contributed by atoms with Gasteiger partial charge in [0.2, 0.25) is 5.95 Å². The fourth-order valence-corrected chi connectivity index (χ4v) is 3.16. The molecule has 4 heterocycles. The van der Waals surface area contributed by atoms with Crippen molar-refractivity contribution in [2.75, 3.05) is 23.3 Å². The van der Waals surface area contributed by atoms with Crippen molar-refractivity contribution >= 4 is 29.2 Å². The number of hydrogen-bond donors (Lipinski definition) is 2. The Morgan fingerprint density at radius 1 is 1.15 bits per heavy atom. The molecule has 0 unspecified atom stereocenters. The van der Waals surface area contributed by atoms with Gasteiger partial charge in [0.15, 0.2) is 5.65 Å². The first kappa shape index (κ1) is 17.0. The number of aromatic nitrogens is 4. The summed E-state index contributed by atoms with van der Waals surface area (Å²) in [5.41, 5.74) is 1.84. The summed E-state index contributed by atoms with van der Waals surface area (Å²) in [6, 6.07) is 8.83. The minimum atomic E-state index is -0.727. The van der Waals surface area contributed by atoms with Crippen molar-refractivity contribution in [2.45, 2.75) is 12.8 Å². The van der Waals surface area contributed by atoms with Crippen molar-refractivity contribution in [3.05, 3.63) is 48.4 Å². The van der Waals surface area contributed by atoms with Gasteiger partial charge in [-0.25, -0.2) is 4.52 Å². The van der Waals surface area contributed by atoms with Gasteiger partial charge in [-0.1, -0.05) is 6.07 Å². The molecule has 0 aromatic carbocycles. The van der Waals surface area contributed by atoms with Crippen molar-refractivity contribution in [1.82, 2.24) is 19.6 Å². The third-order valence-electron chi connectivity index (χ3n) is 4.65. The number of hydrogen-bond acceptors (Lipinski definition) is 6. The molecular weight excluding hydrogens is 348 g/mol. The molecule has 0 radical (unpaired) electrons. The lowest BCUT2D eigenvalue weighted by molar-refractivity contribution is -0.142. The molecule has 0 bridgehead atoms. The first-order valence-corrected chi connectivity index (χ1v) is 8.67. The SMILES string of the molecule is O=C(Nc1nc2ccc(N3CCC(C(=O)O)CC3)cn2n1)c1ccccn1. The van der Waals surface area contributed by atoms with Crippen LogP contribution in [0.15, 0.2) is 42.7 Å². The first-order chi connectivity index (χ1) is 13.1. The Bertz CT molecular complexity index is 979. The summed E-state index contributed by atoms with van der Waals surface area (Å²) in [5, 5.41) is 16.1. The number of fused-ring (bicyclic) bond motifs is 1. The number of nitrogens with one attached hydrogen (secondary N) is 1. The topological polar surface area (TPSA) is 113 Å². The number of carboxylic acid groups (broad SMARTS) is 1. The molecule has 0 saturated carbocycles. The predicted molar refractivity (Wildman–Crippen MR) is 97.8 cm³/mol. The van der Waals surface area contributed by atoms with E-state index in [-0.39, 0.29) is 17.8 Å². The summed E-state index contributed by atoms with van der Waals surface area (Å²) < 4.78 is 1.60. The first-order valence-electron chi connectivity index (χ1n) is 8.67. The standard InChI is InChI=1S/C18H18N6O3/c25-16(14-3-1-2-8-19-14)21-18-20-15-5-4-13(11-24(15)22-18)23-9-6-12(7-10-23)17(26)27/h1-5,8,11-12H,6-7,9-10H2,(H,26,27)(H,21,22,25). The van der Waals surface area contributed by atoms with E-state index in [4.69, 9.17) is 5.11 Å². The summed E-state index contributed by atoms with van der Waals surface area (Å²) in [6.45, 7) is 1.36. The monoisotopic (exact) mass is 366 g/mol. The smallest absolute Gasteiger partial charge is 0.306 e. The molecule has 0 atom stereocenters. The zero-order valence-corrected chi connectivity index (χ0v) is 14.4. The Morgan fingerprint density at radius 3 is 2.67 bits per heavy atom. The number of carbonyl (C=O) groups excluding carboxylic acids is 1. The number of nitrogens with zero attached hydrogens (tertiary/aromatic N) is 5. The molecule has 2 N–H and O–H groups in total. The van der Waals surface area contributed by atoms with Crippen LogP contribution in [0.4, 0.5) is 11.6 Å². The zero-order valence-electron chi connectivity index (χ0n) is 14.4. The highest BCUT2D eigenvalue weighted by atomic mass is 16.4. The molecule has 4 rings (SSSR count). The van der Waals surface area contributed by atoms with E-state index in [1.165, 1.54) is 0 Å². The maximum Gasteiger partial charge on any atom is 0.306 e.